The molecule has 2 aromatic carbocycles. The third kappa shape index (κ3) is 3.80. The number of sulfonamides is 1. The van der Waals surface area contributed by atoms with Gasteiger partial charge >= 0.3 is 0 Å². The van der Waals surface area contributed by atoms with Gasteiger partial charge in [0.25, 0.3) is 5.69 Å². The number of nitrogens with zero attached hydrogens (tertiary/aromatic N) is 3. The van der Waals surface area contributed by atoms with Crippen LogP contribution in [-0.2, 0) is 10.0 Å². The molecule has 7 nitrogen and oxygen atoms in total. The van der Waals surface area contributed by atoms with E-state index in [1.54, 1.807) is 17.0 Å². The maximum atomic E-state index is 13.9. The number of piperazine rings is 1. The van der Waals surface area contributed by atoms with Crippen LogP contribution in [0.1, 0.15) is 0 Å². The van der Waals surface area contributed by atoms with Gasteiger partial charge in [-0.2, -0.15) is 4.31 Å². The van der Waals surface area contributed by atoms with Crippen LogP contribution in [0.3, 0.4) is 0 Å². The highest BCUT2D eigenvalue weighted by molar-refractivity contribution is 9.10. The van der Waals surface area contributed by atoms with E-state index in [-0.39, 0.29) is 31.9 Å². The molecule has 0 amide bonds. The average molecular weight is 462 g/mol. The minimum absolute atomic E-state index is 0.0523. The van der Waals surface area contributed by atoms with E-state index in [0.717, 1.165) is 22.5 Å². The molecule has 0 bridgehead atoms. The number of benzene rings is 2. The van der Waals surface area contributed by atoms with Gasteiger partial charge in [-0.3, -0.25) is 10.1 Å². The Bertz CT molecular complexity index is 975. The summed E-state index contributed by atoms with van der Waals surface area (Å²) < 4.78 is 54.5. The first kappa shape index (κ1) is 19.6. The van der Waals surface area contributed by atoms with Gasteiger partial charge < -0.3 is 4.90 Å². The minimum Gasteiger partial charge on any atom is -0.363 e. The summed E-state index contributed by atoms with van der Waals surface area (Å²) in [5, 5.41) is 11.3. The average Bonchev–Trinajstić information content (AvgIpc) is 2.61. The smallest absolute Gasteiger partial charge is 0.293 e. The standard InChI is InChI=1S/C16H14BrF2N3O4S/c17-11-4-5-14(15(10-11)22(23)24)20-6-8-21(9-7-20)27(25,26)16-12(18)2-1-3-13(16)19/h1-5,10H,6-9H2. The van der Waals surface area contributed by atoms with E-state index in [0.29, 0.717) is 10.2 Å². The first-order valence-corrected chi connectivity index (χ1v) is 10.1. The second kappa shape index (κ2) is 7.49. The van der Waals surface area contributed by atoms with Crippen molar-refractivity contribution in [3.05, 3.63) is 62.6 Å². The molecule has 0 N–H and O–H groups in total. The van der Waals surface area contributed by atoms with E-state index in [1.165, 1.54) is 6.07 Å². The van der Waals surface area contributed by atoms with Gasteiger partial charge in [-0.15, -0.1) is 0 Å². The molecular formula is C16H14BrF2N3O4S. The van der Waals surface area contributed by atoms with Crippen molar-refractivity contribution in [3.8, 4) is 0 Å². The van der Waals surface area contributed by atoms with Crippen molar-refractivity contribution < 1.29 is 22.1 Å². The molecule has 3 rings (SSSR count). The molecule has 0 radical (unpaired) electrons. The van der Waals surface area contributed by atoms with Crippen molar-refractivity contribution in [2.24, 2.45) is 0 Å². The van der Waals surface area contributed by atoms with E-state index < -0.39 is 31.5 Å². The van der Waals surface area contributed by atoms with E-state index in [2.05, 4.69) is 15.9 Å². The molecule has 11 heteroatoms. The first-order chi connectivity index (χ1) is 12.7. The normalized spacial score (nSPS) is 15.7. The van der Waals surface area contributed by atoms with Crippen molar-refractivity contribution in [3.63, 3.8) is 0 Å². The van der Waals surface area contributed by atoms with Crippen LogP contribution in [0.25, 0.3) is 0 Å². The lowest BCUT2D eigenvalue weighted by Gasteiger charge is -2.35. The number of anilines is 1. The second-order valence-corrected chi connectivity index (χ2v) is 8.62. The maximum absolute atomic E-state index is 13.9. The molecule has 0 aliphatic carbocycles. The van der Waals surface area contributed by atoms with E-state index in [1.807, 2.05) is 0 Å². The summed E-state index contributed by atoms with van der Waals surface area (Å²) in [6, 6.07) is 7.46. The van der Waals surface area contributed by atoms with Crippen LogP contribution in [0.4, 0.5) is 20.2 Å². The van der Waals surface area contributed by atoms with Gasteiger partial charge in [0.1, 0.15) is 17.3 Å². The molecular weight excluding hydrogens is 448 g/mol. The van der Waals surface area contributed by atoms with Gasteiger partial charge in [0.2, 0.25) is 10.0 Å². The molecule has 2 aromatic rings. The van der Waals surface area contributed by atoms with Gasteiger partial charge in [0.05, 0.1) is 4.92 Å². The summed E-state index contributed by atoms with van der Waals surface area (Å²) in [6.07, 6.45) is 0. The predicted octanol–water partition coefficient (Wildman–Crippen LogP) is 3.15. The Hall–Kier alpha value is -2.11. The van der Waals surface area contributed by atoms with Crippen LogP contribution in [0.2, 0.25) is 0 Å². The van der Waals surface area contributed by atoms with E-state index in [9.17, 15) is 27.3 Å². The zero-order chi connectivity index (χ0) is 19.8. The van der Waals surface area contributed by atoms with Crippen molar-refractivity contribution >= 4 is 37.3 Å². The molecule has 1 aliphatic rings. The summed E-state index contributed by atoms with van der Waals surface area (Å²) >= 11 is 3.18. The maximum Gasteiger partial charge on any atom is 0.293 e. The van der Waals surface area contributed by atoms with Crippen molar-refractivity contribution in [2.75, 3.05) is 31.1 Å². The predicted molar refractivity (Wildman–Crippen MR) is 98.1 cm³/mol. The zero-order valence-corrected chi connectivity index (χ0v) is 16.2. The highest BCUT2D eigenvalue weighted by Gasteiger charge is 2.34. The highest BCUT2D eigenvalue weighted by atomic mass is 79.9. The highest BCUT2D eigenvalue weighted by Crippen LogP contribution is 2.32. The Morgan fingerprint density at radius 1 is 1.04 bits per heavy atom. The first-order valence-electron chi connectivity index (χ1n) is 7.85. The quantitative estimate of drug-likeness (QED) is 0.515. The summed E-state index contributed by atoms with van der Waals surface area (Å²) in [5.41, 5.74) is 0.248. The molecule has 1 saturated heterocycles. The fourth-order valence-electron chi connectivity index (χ4n) is 2.94. The third-order valence-electron chi connectivity index (χ3n) is 4.23. The van der Waals surface area contributed by atoms with Crippen LogP contribution < -0.4 is 4.90 Å². The van der Waals surface area contributed by atoms with Crippen LogP contribution in [0, 0.1) is 21.7 Å². The lowest BCUT2D eigenvalue weighted by molar-refractivity contribution is -0.384. The topological polar surface area (TPSA) is 83.8 Å². The third-order valence-corrected chi connectivity index (χ3v) is 6.67. The molecule has 0 atom stereocenters. The minimum atomic E-state index is -4.35. The van der Waals surface area contributed by atoms with Gasteiger partial charge in [0.15, 0.2) is 4.90 Å². The lowest BCUT2D eigenvalue weighted by Crippen LogP contribution is -2.49. The van der Waals surface area contributed by atoms with Crippen molar-refractivity contribution in [2.45, 2.75) is 4.90 Å². The van der Waals surface area contributed by atoms with Gasteiger partial charge in [0, 0.05) is 36.7 Å². The zero-order valence-electron chi connectivity index (χ0n) is 13.8. The molecule has 1 fully saturated rings. The lowest BCUT2D eigenvalue weighted by atomic mass is 10.2. The van der Waals surface area contributed by atoms with Crippen LogP contribution in [0.5, 0.6) is 0 Å². The van der Waals surface area contributed by atoms with Crippen LogP contribution in [-0.4, -0.2) is 43.8 Å². The number of rotatable bonds is 4. The number of hydrogen-bond acceptors (Lipinski definition) is 5. The Morgan fingerprint density at radius 3 is 2.19 bits per heavy atom. The fraction of sp³-hybridized carbons (Fsp3) is 0.250. The number of halogens is 3. The summed E-state index contributed by atoms with van der Waals surface area (Å²) in [4.78, 5) is 11.4. The number of nitro groups is 1. The SMILES string of the molecule is O=[N+]([O-])c1cc(Br)ccc1N1CCN(S(=O)(=O)c2c(F)cccc2F)CC1. The molecule has 1 aliphatic heterocycles. The molecule has 0 saturated carbocycles. The molecule has 0 spiro atoms. The molecule has 144 valence electrons. The van der Waals surface area contributed by atoms with Gasteiger partial charge in [-0.05, 0) is 24.3 Å². The number of hydrogen-bond donors (Lipinski definition) is 0. The Morgan fingerprint density at radius 2 is 1.63 bits per heavy atom. The van der Waals surface area contributed by atoms with Crippen LogP contribution in [0.15, 0.2) is 45.8 Å². The largest absolute Gasteiger partial charge is 0.363 e. The van der Waals surface area contributed by atoms with Crippen molar-refractivity contribution in [1.29, 1.82) is 0 Å². The number of nitro benzene ring substituents is 1. The monoisotopic (exact) mass is 461 g/mol. The fourth-order valence-corrected chi connectivity index (χ4v) is 4.82. The Labute approximate surface area is 162 Å². The van der Waals surface area contributed by atoms with E-state index in [4.69, 9.17) is 0 Å². The summed E-state index contributed by atoms with van der Waals surface area (Å²) in [6.45, 7) is 0.197. The second-order valence-electron chi connectivity index (χ2n) is 5.83. The molecule has 1 heterocycles. The van der Waals surface area contributed by atoms with Crippen molar-refractivity contribution in [1.82, 2.24) is 4.31 Å². The molecule has 0 unspecified atom stereocenters. The Balaban J connectivity index is 1.83. The van der Waals surface area contributed by atoms with Gasteiger partial charge in [-0.1, -0.05) is 22.0 Å². The summed E-state index contributed by atoms with van der Waals surface area (Å²) in [7, 11) is -4.35. The van der Waals surface area contributed by atoms with E-state index >= 15 is 0 Å². The summed E-state index contributed by atoms with van der Waals surface area (Å²) in [5.74, 6) is -2.30. The molecule has 0 aromatic heterocycles. The molecule has 27 heavy (non-hydrogen) atoms. The van der Waals surface area contributed by atoms with Crippen LogP contribution >= 0.6 is 15.9 Å². The van der Waals surface area contributed by atoms with Gasteiger partial charge in [-0.25, -0.2) is 17.2 Å². The Kier molecular flexibility index (Phi) is 5.45.